The van der Waals surface area contributed by atoms with E-state index in [2.05, 4.69) is 19.2 Å². The molecule has 2 atom stereocenters. The molecule has 0 saturated carbocycles. The van der Waals surface area contributed by atoms with Crippen LogP contribution in [0.1, 0.15) is 52.4 Å². The molecule has 1 fully saturated rings. The third kappa shape index (κ3) is 6.72. The maximum absolute atomic E-state index is 11.5. The molecule has 19 heavy (non-hydrogen) atoms. The highest BCUT2D eigenvalue weighted by molar-refractivity contribution is 7.88. The molecular weight excluding hydrogens is 260 g/mol. The quantitative estimate of drug-likeness (QED) is 0.697. The van der Waals surface area contributed by atoms with Crippen LogP contribution in [0, 0.1) is 5.92 Å². The SMILES string of the molecule is CCCCCC(C)NCC1CCCN(S(C)(=O)=O)C1. The van der Waals surface area contributed by atoms with Crippen molar-refractivity contribution in [2.45, 2.75) is 58.4 Å². The molecule has 0 aromatic carbocycles. The molecule has 1 N–H and O–H groups in total. The molecular formula is C14H30N2O2S. The first-order valence-corrected chi connectivity index (χ1v) is 9.46. The van der Waals surface area contributed by atoms with Gasteiger partial charge >= 0.3 is 0 Å². The molecule has 1 rings (SSSR count). The topological polar surface area (TPSA) is 49.4 Å². The van der Waals surface area contributed by atoms with E-state index < -0.39 is 10.0 Å². The highest BCUT2D eigenvalue weighted by Crippen LogP contribution is 2.18. The molecule has 0 amide bonds. The van der Waals surface area contributed by atoms with E-state index in [4.69, 9.17) is 0 Å². The Morgan fingerprint density at radius 3 is 2.74 bits per heavy atom. The van der Waals surface area contributed by atoms with Crippen molar-refractivity contribution in [3.63, 3.8) is 0 Å². The second kappa shape index (κ2) is 8.22. The predicted octanol–water partition coefficient (Wildman–Crippen LogP) is 2.22. The van der Waals surface area contributed by atoms with Gasteiger partial charge in [-0.15, -0.1) is 0 Å². The van der Waals surface area contributed by atoms with Crippen LogP contribution in [0.4, 0.5) is 0 Å². The Kier molecular flexibility index (Phi) is 7.32. The Bertz CT molecular complexity index is 343. The molecule has 1 aliphatic rings. The van der Waals surface area contributed by atoms with Crippen molar-refractivity contribution in [1.29, 1.82) is 0 Å². The summed E-state index contributed by atoms with van der Waals surface area (Å²) >= 11 is 0. The van der Waals surface area contributed by atoms with Crippen molar-refractivity contribution >= 4 is 10.0 Å². The summed E-state index contributed by atoms with van der Waals surface area (Å²) < 4.78 is 24.7. The lowest BCUT2D eigenvalue weighted by molar-refractivity contribution is 0.255. The van der Waals surface area contributed by atoms with E-state index in [-0.39, 0.29) is 0 Å². The lowest BCUT2D eigenvalue weighted by Gasteiger charge is -2.31. The zero-order valence-corrected chi connectivity index (χ0v) is 13.5. The molecule has 114 valence electrons. The maximum Gasteiger partial charge on any atom is 0.211 e. The minimum absolute atomic E-state index is 0.470. The smallest absolute Gasteiger partial charge is 0.211 e. The zero-order chi connectivity index (χ0) is 14.3. The lowest BCUT2D eigenvalue weighted by atomic mass is 9.99. The Morgan fingerprint density at radius 2 is 2.11 bits per heavy atom. The van der Waals surface area contributed by atoms with Crippen molar-refractivity contribution < 1.29 is 8.42 Å². The molecule has 1 aliphatic heterocycles. The standard InChI is InChI=1S/C14H30N2O2S/c1-4-5-6-8-13(2)15-11-14-9-7-10-16(12-14)19(3,17)18/h13-15H,4-12H2,1-3H3. The van der Waals surface area contributed by atoms with E-state index >= 15 is 0 Å². The minimum atomic E-state index is -3.01. The van der Waals surface area contributed by atoms with Gasteiger partial charge in [0.15, 0.2) is 0 Å². The summed E-state index contributed by atoms with van der Waals surface area (Å²) in [6.45, 7) is 6.78. The van der Waals surface area contributed by atoms with Crippen LogP contribution >= 0.6 is 0 Å². The van der Waals surface area contributed by atoms with Gasteiger partial charge in [-0.2, -0.15) is 0 Å². The van der Waals surface area contributed by atoms with E-state index in [0.717, 1.165) is 19.4 Å². The highest BCUT2D eigenvalue weighted by atomic mass is 32.2. The molecule has 0 aliphatic carbocycles. The fourth-order valence-corrected chi connectivity index (χ4v) is 3.61. The van der Waals surface area contributed by atoms with E-state index in [1.54, 1.807) is 4.31 Å². The number of hydrogen-bond acceptors (Lipinski definition) is 3. The summed E-state index contributed by atoms with van der Waals surface area (Å²) in [6.07, 6.45) is 8.51. The average molecular weight is 290 g/mol. The second-order valence-electron chi connectivity index (χ2n) is 5.93. The lowest BCUT2D eigenvalue weighted by Crippen LogP contribution is -2.43. The molecule has 0 bridgehead atoms. The number of sulfonamides is 1. The van der Waals surface area contributed by atoms with Crippen LogP contribution < -0.4 is 5.32 Å². The van der Waals surface area contributed by atoms with Gasteiger partial charge in [0.25, 0.3) is 0 Å². The summed E-state index contributed by atoms with van der Waals surface area (Å²) in [5.41, 5.74) is 0. The van der Waals surface area contributed by atoms with Crippen LogP contribution in [0.5, 0.6) is 0 Å². The molecule has 1 heterocycles. The van der Waals surface area contributed by atoms with Crippen molar-refractivity contribution in [1.82, 2.24) is 9.62 Å². The summed E-state index contributed by atoms with van der Waals surface area (Å²) in [4.78, 5) is 0. The molecule has 0 aromatic rings. The third-order valence-electron chi connectivity index (χ3n) is 3.95. The van der Waals surface area contributed by atoms with Gasteiger partial charge in [0.1, 0.15) is 0 Å². The van der Waals surface area contributed by atoms with Crippen molar-refractivity contribution in [2.24, 2.45) is 5.92 Å². The first-order chi connectivity index (χ1) is 8.93. The Balaban J connectivity index is 2.25. The first-order valence-electron chi connectivity index (χ1n) is 7.62. The van der Waals surface area contributed by atoms with Crippen LogP contribution in [-0.4, -0.2) is 44.7 Å². The summed E-state index contributed by atoms with van der Waals surface area (Å²) in [6, 6.07) is 0.542. The van der Waals surface area contributed by atoms with Crippen molar-refractivity contribution in [3.8, 4) is 0 Å². The van der Waals surface area contributed by atoms with Crippen LogP contribution in [-0.2, 0) is 10.0 Å². The molecule has 0 aromatic heterocycles. The number of hydrogen-bond donors (Lipinski definition) is 1. The van der Waals surface area contributed by atoms with Gasteiger partial charge in [-0.25, -0.2) is 12.7 Å². The van der Waals surface area contributed by atoms with Gasteiger partial charge in [0.2, 0.25) is 10.0 Å². The Labute approximate surface area is 119 Å². The Morgan fingerprint density at radius 1 is 1.37 bits per heavy atom. The zero-order valence-electron chi connectivity index (χ0n) is 12.7. The van der Waals surface area contributed by atoms with Gasteiger partial charge in [0.05, 0.1) is 6.26 Å². The third-order valence-corrected chi connectivity index (χ3v) is 5.22. The number of unbranched alkanes of at least 4 members (excludes halogenated alkanes) is 2. The monoisotopic (exact) mass is 290 g/mol. The van der Waals surface area contributed by atoms with E-state index in [9.17, 15) is 8.42 Å². The maximum atomic E-state index is 11.5. The van der Waals surface area contributed by atoms with E-state index in [1.807, 2.05) is 0 Å². The first kappa shape index (κ1) is 16.9. The minimum Gasteiger partial charge on any atom is -0.314 e. The fourth-order valence-electron chi connectivity index (χ4n) is 2.67. The van der Waals surface area contributed by atoms with Gasteiger partial charge in [-0.3, -0.25) is 0 Å². The van der Waals surface area contributed by atoms with Crippen LogP contribution in [0.15, 0.2) is 0 Å². The van der Waals surface area contributed by atoms with Crippen LogP contribution in [0.25, 0.3) is 0 Å². The van der Waals surface area contributed by atoms with Gasteiger partial charge < -0.3 is 5.32 Å². The number of rotatable bonds is 8. The molecule has 5 heteroatoms. The van der Waals surface area contributed by atoms with Gasteiger partial charge in [-0.1, -0.05) is 26.2 Å². The van der Waals surface area contributed by atoms with Gasteiger partial charge in [-0.05, 0) is 38.6 Å². The molecule has 4 nitrogen and oxygen atoms in total. The van der Waals surface area contributed by atoms with E-state index in [0.29, 0.717) is 25.0 Å². The molecule has 0 radical (unpaired) electrons. The fraction of sp³-hybridized carbons (Fsp3) is 1.00. The highest BCUT2D eigenvalue weighted by Gasteiger charge is 2.25. The van der Waals surface area contributed by atoms with Crippen molar-refractivity contribution in [2.75, 3.05) is 25.9 Å². The normalized spacial score (nSPS) is 23.4. The van der Waals surface area contributed by atoms with Crippen molar-refractivity contribution in [3.05, 3.63) is 0 Å². The number of nitrogens with one attached hydrogen (secondary N) is 1. The molecule has 2 unspecified atom stereocenters. The summed E-state index contributed by atoms with van der Waals surface area (Å²) in [5.74, 6) is 0.470. The van der Waals surface area contributed by atoms with E-state index in [1.165, 1.54) is 31.9 Å². The summed E-state index contributed by atoms with van der Waals surface area (Å²) in [7, 11) is -3.01. The van der Waals surface area contributed by atoms with Crippen LogP contribution in [0.2, 0.25) is 0 Å². The van der Waals surface area contributed by atoms with Gasteiger partial charge in [0, 0.05) is 19.1 Å². The molecule has 1 saturated heterocycles. The molecule has 0 spiro atoms. The van der Waals surface area contributed by atoms with Crippen LogP contribution in [0.3, 0.4) is 0 Å². The average Bonchev–Trinajstić information content (AvgIpc) is 2.36. The number of nitrogens with zero attached hydrogens (tertiary/aromatic N) is 1. The predicted molar refractivity (Wildman–Crippen MR) is 80.7 cm³/mol. The Hall–Kier alpha value is -0.130. The summed E-state index contributed by atoms with van der Waals surface area (Å²) in [5, 5.41) is 3.56. The second-order valence-corrected chi connectivity index (χ2v) is 7.92. The number of piperidine rings is 1. The largest absolute Gasteiger partial charge is 0.314 e.